The number of nitrogens with zero attached hydrogens (tertiary/aromatic N) is 2. The monoisotopic (exact) mass is 241 g/mol. The summed E-state index contributed by atoms with van der Waals surface area (Å²) in [5.74, 6) is -0.130. The molecule has 1 saturated heterocycles. The predicted molar refractivity (Wildman–Crippen MR) is 61.2 cm³/mol. The van der Waals surface area contributed by atoms with Crippen LogP contribution in [0.1, 0.15) is 35.4 Å². The highest BCUT2D eigenvalue weighted by atomic mass is 32.1. The molecule has 1 aliphatic rings. The summed E-state index contributed by atoms with van der Waals surface area (Å²) in [6.07, 6.45) is 0. The van der Waals surface area contributed by atoms with E-state index >= 15 is 0 Å². The smallest absolute Gasteiger partial charge is 0.273 e. The molecule has 16 heavy (non-hydrogen) atoms. The van der Waals surface area contributed by atoms with Gasteiger partial charge in [-0.1, -0.05) is 0 Å². The second kappa shape index (κ2) is 3.80. The van der Waals surface area contributed by atoms with Crippen LogP contribution in [-0.4, -0.2) is 39.6 Å². The minimum atomic E-state index is -0.740. The van der Waals surface area contributed by atoms with Crippen molar-refractivity contribution in [3.05, 3.63) is 16.1 Å². The Morgan fingerprint density at radius 3 is 2.81 bits per heavy atom. The van der Waals surface area contributed by atoms with Crippen molar-refractivity contribution in [3.63, 3.8) is 0 Å². The molecule has 3 N–H and O–H groups in total. The van der Waals surface area contributed by atoms with Crippen LogP contribution in [0.4, 0.5) is 0 Å². The van der Waals surface area contributed by atoms with Gasteiger partial charge >= 0.3 is 0 Å². The van der Waals surface area contributed by atoms with Gasteiger partial charge in [-0.15, -0.1) is 11.3 Å². The van der Waals surface area contributed by atoms with Crippen molar-refractivity contribution in [1.29, 1.82) is 0 Å². The van der Waals surface area contributed by atoms with E-state index in [1.165, 1.54) is 11.3 Å². The van der Waals surface area contributed by atoms with Gasteiger partial charge in [0.2, 0.25) is 0 Å². The molecule has 88 valence electrons. The lowest BCUT2D eigenvalue weighted by Gasteiger charge is -2.43. The number of carbonyl (C=O) groups excluding carboxylic acids is 1. The Labute approximate surface area is 97.9 Å². The van der Waals surface area contributed by atoms with Crippen molar-refractivity contribution >= 4 is 17.2 Å². The molecule has 1 aromatic rings. The lowest BCUT2D eigenvalue weighted by Crippen LogP contribution is -2.61. The zero-order chi connectivity index (χ0) is 11.9. The number of thiazole rings is 1. The number of carbonyl (C=O) groups is 1. The summed E-state index contributed by atoms with van der Waals surface area (Å²) in [7, 11) is 0. The Kier molecular flexibility index (Phi) is 2.73. The summed E-state index contributed by atoms with van der Waals surface area (Å²) in [4.78, 5) is 17.6. The SMILES string of the molecule is CC(N)c1nc(C(=O)N2CC(C)(O)C2)cs1. The van der Waals surface area contributed by atoms with Gasteiger partial charge in [-0.3, -0.25) is 4.79 Å². The molecule has 1 amide bonds. The quantitative estimate of drug-likeness (QED) is 0.784. The molecular formula is C10H15N3O2S. The Balaban J connectivity index is 2.05. The maximum absolute atomic E-state index is 11.9. The highest BCUT2D eigenvalue weighted by Crippen LogP contribution is 2.23. The zero-order valence-corrected chi connectivity index (χ0v) is 10.1. The number of amides is 1. The second-order valence-corrected chi connectivity index (χ2v) is 5.41. The van der Waals surface area contributed by atoms with E-state index in [4.69, 9.17) is 5.73 Å². The van der Waals surface area contributed by atoms with E-state index in [1.54, 1.807) is 17.2 Å². The average molecular weight is 241 g/mol. The Bertz CT molecular complexity index is 406. The van der Waals surface area contributed by atoms with Crippen molar-refractivity contribution in [3.8, 4) is 0 Å². The Hall–Kier alpha value is -0.980. The fraction of sp³-hybridized carbons (Fsp3) is 0.600. The molecule has 0 bridgehead atoms. The van der Waals surface area contributed by atoms with Gasteiger partial charge in [0.25, 0.3) is 5.91 Å². The maximum Gasteiger partial charge on any atom is 0.273 e. The molecule has 2 heterocycles. The lowest BCUT2D eigenvalue weighted by molar-refractivity contribution is -0.0670. The maximum atomic E-state index is 11.9. The second-order valence-electron chi connectivity index (χ2n) is 4.52. The number of aromatic nitrogens is 1. The summed E-state index contributed by atoms with van der Waals surface area (Å²) in [5.41, 5.74) is 5.36. The Morgan fingerprint density at radius 1 is 1.75 bits per heavy atom. The normalized spacial score (nSPS) is 20.4. The standard InChI is InChI=1S/C10H15N3O2S/c1-6(11)8-12-7(3-16-8)9(14)13-4-10(2,15)5-13/h3,6,15H,4-5,11H2,1-2H3. The van der Waals surface area contributed by atoms with Crippen molar-refractivity contribution in [2.75, 3.05) is 13.1 Å². The van der Waals surface area contributed by atoms with E-state index in [9.17, 15) is 9.90 Å². The van der Waals surface area contributed by atoms with Crippen molar-refractivity contribution < 1.29 is 9.90 Å². The van der Waals surface area contributed by atoms with Gasteiger partial charge < -0.3 is 15.7 Å². The topological polar surface area (TPSA) is 79.5 Å². The first-order chi connectivity index (χ1) is 7.39. The van der Waals surface area contributed by atoms with Gasteiger partial charge in [-0.05, 0) is 13.8 Å². The molecule has 1 aliphatic heterocycles. The zero-order valence-electron chi connectivity index (χ0n) is 9.30. The highest BCUT2D eigenvalue weighted by Gasteiger charge is 2.40. The number of β-amino-alcohol motifs (C(OH)–C–C–N with tert-alkyl or cyclic N) is 1. The summed E-state index contributed by atoms with van der Waals surface area (Å²) >= 11 is 1.39. The van der Waals surface area contributed by atoms with Crippen LogP contribution in [0.5, 0.6) is 0 Å². The lowest BCUT2D eigenvalue weighted by atomic mass is 9.97. The number of hydrogen-bond donors (Lipinski definition) is 2. The molecule has 1 fully saturated rings. The number of likely N-dealkylation sites (tertiary alicyclic amines) is 1. The van der Waals surface area contributed by atoms with Gasteiger partial charge in [-0.2, -0.15) is 0 Å². The molecule has 1 unspecified atom stereocenters. The summed E-state index contributed by atoms with van der Waals surface area (Å²) in [5, 5.41) is 12.0. The largest absolute Gasteiger partial charge is 0.386 e. The molecule has 0 saturated carbocycles. The van der Waals surface area contributed by atoms with Gasteiger partial charge in [0.15, 0.2) is 0 Å². The van der Waals surface area contributed by atoms with Gasteiger partial charge in [0.1, 0.15) is 10.7 Å². The molecule has 1 atom stereocenters. The minimum absolute atomic E-state index is 0.130. The van der Waals surface area contributed by atoms with Crippen LogP contribution >= 0.6 is 11.3 Å². The number of nitrogens with two attached hydrogens (primary N) is 1. The first kappa shape index (κ1) is 11.5. The molecule has 0 spiro atoms. The van der Waals surface area contributed by atoms with E-state index in [0.717, 1.165) is 5.01 Å². The van der Waals surface area contributed by atoms with Crippen LogP contribution in [0, 0.1) is 0 Å². The van der Waals surface area contributed by atoms with Crippen molar-refractivity contribution in [2.45, 2.75) is 25.5 Å². The van der Waals surface area contributed by atoms with Crippen LogP contribution in [0.2, 0.25) is 0 Å². The van der Waals surface area contributed by atoms with E-state index in [0.29, 0.717) is 18.8 Å². The molecule has 0 radical (unpaired) electrons. The van der Waals surface area contributed by atoms with E-state index in [1.807, 2.05) is 6.92 Å². The number of aliphatic hydroxyl groups is 1. The molecule has 0 aliphatic carbocycles. The van der Waals surface area contributed by atoms with Crippen LogP contribution in [0.25, 0.3) is 0 Å². The van der Waals surface area contributed by atoms with Gasteiger partial charge in [0, 0.05) is 5.38 Å². The number of hydrogen-bond acceptors (Lipinski definition) is 5. The van der Waals surface area contributed by atoms with Crippen LogP contribution in [0.3, 0.4) is 0 Å². The molecule has 6 heteroatoms. The molecule has 5 nitrogen and oxygen atoms in total. The first-order valence-electron chi connectivity index (χ1n) is 5.12. The van der Waals surface area contributed by atoms with Gasteiger partial charge in [0.05, 0.1) is 24.7 Å². The third-order valence-electron chi connectivity index (χ3n) is 2.48. The highest BCUT2D eigenvalue weighted by molar-refractivity contribution is 7.09. The predicted octanol–water partition coefficient (Wildman–Crippen LogP) is 0.370. The summed E-state index contributed by atoms with van der Waals surface area (Å²) in [6, 6.07) is -0.147. The molecule has 1 aromatic heterocycles. The van der Waals surface area contributed by atoms with E-state index in [2.05, 4.69) is 4.98 Å². The van der Waals surface area contributed by atoms with Crippen LogP contribution < -0.4 is 5.73 Å². The average Bonchev–Trinajstić information content (AvgIpc) is 2.61. The fourth-order valence-electron chi connectivity index (χ4n) is 1.68. The van der Waals surface area contributed by atoms with Crippen molar-refractivity contribution in [1.82, 2.24) is 9.88 Å². The minimum Gasteiger partial charge on any atom is -0.386 e. The fourth-order valence-corrected chi connectivity index (χ4v) is 2.43. The number of rotatable bonds is 2. The van der Waals surface area contributed by atoms with Gasteiger partial charge in [-0.25, -0.2) is 4.98 Å². The van der Waals surface area contributed by atoms with E-state index < -0.39 is 5.60 Å². The third kappa shape index (κ3) is 2.09. The van der Waals surface area contributed by atoms with Crippen molar-refractivity contribution in [2.24, 2.45) is 5.73 Å². The van der Waals surface area contributed by atoms with Crippen LogP contribution in [-0.2, 0) is 0 Å². The molecule has 2 rings (SSSR count). The third-order valence-corrected chi connectivity index (χ3v) is 3.53. The summed E-state index contributed by atoms with van der Waals surface area (Å²) < 4.78 is 0. The molecule has 0 aromatic carbocycles. The van der Waals surface area contributed by atoms with E-state index in [-0.39, 0.29) is 11.9 Å². The Morgan fingerprint density at radius 2 is 2.38 bits per heavy atom. The first-order valence-corrected chi connectivity index (χ1v) is 6.00. The van der Waals surface area contributed by atoms with Crippen LogP contribution in [0.15, 0.2) is 5.38 Å². The summed E-state index contributed by atoms with van der Waals surface area (Å²) in [6.45, 7) is 4.29. The molecular weight excluding hydrogens is 226 g/mol.